The maximum Gasteiger partial charge on any atom is 0.0315 e. The average Bonchev–Trinajstić information content (AvgIpc) is 3.02. The van der Waals surface area contributed by atoms with Crippen molar-refractivity contribution < 1.29 is 0 Å². The van der Waals surface area contributed by atoms with Gasteiger partial charge in [0.05, 0.1) is 0 Å². The Bertz CT molecular complexity index is 428. The SMILES string of the molecule is CSc1cscc1SCCSc1cscc1SC. The van der Waals surface area contributed by atoms with Gasteiger partial charge in [-0.15, -0.1) is 47.0 Å². The third-order valence-corrected chi connectivity index (χ3v) is 8.49. The van der Waals surface area contributed by atoms with Gasteiger partial charge in [-0.05, 0) is 12.5 Å². The lowest BCUT2D eigenvalue weighted by molar-refractivity contribution is 1.31. The van der Waals surface area contributed by atoms with Crippen molar-refractivity contribution in [1.82, 2.24) is 0 Å². The molecule has 2 heterocycles. The van der Waals surface area contributed by atoms with Crippen molar-refractivity contribution in [3.8, 4) is 0 Å². The van der Waals surface area contributed by atoms with Crippen LogP contribution >= 0.6 is 69.7 Å². The van der Waals surface area contributed by atoms with E-state index in [4.69, 9.17) is 0 Å². The molecule has 0 bridgehead atoms. The lowest BCUT2D eigenvalue weighted by Crippen LogP contribution is -1.83. The van der Waals surface area contributed by atoms with Crippen molar-refractivity contribution in [2.45, 2.75) is 19.6 Å². The Labute approximate surface area is 134 Å². The second-order valence-corrected chi connectivity index (χ2v) is 8.76. The maximum atomic E-state index is 2.26. The molecule has 0 nitrogen and oxygen atoms in total. The second-order valence-electron chi connectivity index (χ2n) is 3.31. The first kappa shape index (κ1) is 15.2. The molecule has 0 aliphatic carbocycles. The largest absolute Gasteiger partial charge is 0.150 e. The molecule has 0 unspecified atom stereocenters. The molecule has 0 aromatic carbocycles. The summed E-state index contributed by atoms with van der Waals surface area (Å²) in [5, 5.41) is 9.01. The van der Waals surface area contributed by atoms with Crippen LogP contribution in [0.15, 0.2) is 41.1 Å². The molecule has 2 rings (SSSR count). The smallest absolute Gasteiger partial charge is 0.0315 e. The molecule has 0 N–H and O–H groups in total. The maximum absolute atomic E-state index is 2.26. The zero-order chi connectivity index (χ0) is 12.8. The molecule has 2 aromatic rings. The van der Waals surface area contributed by atoms with Gasteiger partial charge in [-0.2, -0.15) is 22.7 Å². The van der Waals surface area contributed by atoms with Gasteiger partial charge < -0.3 is 0 Å². The fourth-order valence-electron chi connectivity index (χ4n) is 1.36. The second kappa shape index (κ2) is 8.17. The molecule has 0 aliphatic heterocycles. The number of thiophene rings is 2. The van der Waals surface area contributed by atoms with Crippen molar-refractivity contribution >= 4 is 69.7 Å². The van der Waals surface area contributed by atoms with Gasteiger partial charge in [-0.3, -0.25) is 0 Å². The molecule has 0 atom stereocenters. The Balaban J connectivity index is 1.76. The molecule has 2 aromatic heterocycles. The Hall–Kier alpha value is 0.800. The van der Waals surface area contributed by atoms with Gasteiger partial charge in [0.2, 0.25) is 0 Å². The van der Waals surface area contributed by atoms with E-state index >= 15 is 0 Å². The van der Waals surface area contributed by atoms with Crippen LogP contribution in [0.25, 0.3) is 0 Å². The third kappa shape index (κ3) is 4.15. The van der Waals surface area contributed by atoms with Crippen molar-refractivity contribution in [1.29, 1.82) is 0 Å². The van der Waals surface area contributed by atoms with Gasteiger partial charge >= 0.3 is 0 Å². The van der Waals surface area contributed by atoms with Crippen molar-refractivity contribution in [2.24, 2.45) is 0 Å². The highest BCUT2D eigenvalue weighted by atomic mass is 32.2. The average molecular weight is 351 g/mol. The predicted octanol–water partition coefficient (Wildman–Crippen LogP) is 6.14. The van der Waals surface area contributed by atoms with Crippen molar-refractivity contribution in [3.05, 3.63) is 21.5 Å². The van der Waals surface area contributed by atoms with E-state index in [1.165, 1.54) is 31.1 Å². The molecule has 98 valence electrons. The lowest BCUT2D eigenvalue weighted by Gasteiger charge is -2.02. The van der Waals surface area contributed by atoms with Crippen molar-refractivity contribution in [3.63, 3.8) is 0 Å². The Morgan fingerprint density at radius 3 is 1.50 bits per heavy atom. The van der Waals surface area contributed by atoms with E-state index < -0.39 is 0 Å². The van der Waals surface area contributed by atoms with Crippen LogP contribution in [0.5, 0.6) is 0 Å². The van der Waals surface area contributed by atoms with Crippen LogP contribution in [0, 0.1) is 0 Å². The van der Waals surface area contributed by atoms with Crippen LogP contribution in [-0.2, 0) is 0 Å². The first-order chi connectivity index (χ1) is 8.85. The van der Waals surface area contributed by atoms with Crippen molar-refractivity contribution in [2.75, 3.05) is 24.0 Å². The summed E-state index contributed by atoms with van der Waals surface area (Å²) in [4.78, 5) is 5.75. The van der Waals surface area contributed by atoms with Crippen LogP contribution in [0.1, 0.15) is 0 Å². The summed E-state index contributed by atoms with van der Waals surface area (Å²) in [7, 11) is 0. The number of rotatable bonds is 7. The van der Waals surface area contributed by atoms with Crippen LogP contribution in [0.3, 0.4) is 0 Å². The summed E-state index contributed by atoms with van der Waals surface area (Å²) in [6.45, 7) is 0. The van der Waals surface area contributed by atoms with E-state index in [1.54, 1.807) is 22.7 Å². The molecule has 6 heteroatoms. The fraction of sp³-hybridized carbons (Fsp3) is 0.333. The summed E-state index contributed by atoms with van der Waals surface area (Å²) >= 11 is 11.3. The number of hydrogen-bond donors (Lipinski definition) is 0. The molecule has 0 spiro atoms. The zero-order valence-electron chi connectivity index (χ0n) is 10.2. The summed E-state index contributed by atoms with van der Waals surface area (Å²) < 4.78 is 0. The zero-order valence-corrected chi connectivity index (χ0v) is 15.1. The number of thioether (sulfide) groups is 4. The Morgan fingerprint density at radius 2 is 1.11 bits per heavy atom. The first-order valence-electron chi connectivity index (χ1n) is 5.31. The van der Waals surface area contributed by atoms with Gasteiger partial charge in [0, 0.05) is 52.6 Å². The van der Waals surface area contributed by atoms with E-state index in [9.17, 15) is 0 Å². The topological polar surface area (TPSA) is 0 Å². The van der Waals surface area contributed by atoms with E-state index in [0.717, 1.165) is 0 Å². The molecular weight excluding hydrogens is 337 g/mol. The summed E-state index contributed by atoms with van der Waals surface area (Å²) in [6.07, 6.45) is 4.30. The Kier molecular flexibility index (Phi) is 6.89. The molecule has 0 fully saturated rings. The molecule has 0 saturated carbocycles. The van der Waals surface area contributed by atoms with Gasteiger partial charge in [-0.25, -0.2) is 0 Å². The van der Waals surface area contributed by atoms with Gasteiger partial charge in [-0.1, -0.05) is 0 Å². The van der Waals surface area contributed by atoms with E-state index in [-0.39, 0.29) is 0 Å². The van der Waals surface area contributed by atoms with Crippen LogP contribution in [0.4, 0.5) is 0 Å². The molecule has 0 amide bonds. The Morgan fingerprint density at radius 1 is 0.722 bits per heavy atom. The minimum Gasteiger partial charge on any atom is -0.150 e. The van der Waals surface area contributed by atoms with Crippen LogP contribution in [-0.4, -0.2) is 24.0 Å². The first-order valence-corrected chi connectivity index (χ1v) is 11.6. The molecule has 0 radical (unpaired) electrons. The molecule has 0 aliphatic rings. The van der Waals surface area contributed by atoms with Crippen LogP contribution < -0.4 is 0 Å². The monoisotopic (exact) mass is 350 g/mol. The van der Waals surface area contributed by atoms with E-state index in [0.29, 0.717) is 0 Å². The van der Waals surface area contributed by atoms with Crippen LogP contribution in [0.2, 0.25) is 0 Å². The standard InChI is InChI=1S/C12H14S6/c1-13-9-5-15-7-11(9)17-3-4-18-12-8-16-6-10(12)14-2/h5-8H,3-4H2,1-2H3. The molecule has 0 saturated heterocycles. The minimum atomic E-state index is 1.18. The third-order valence-electron chi connectivity index (χ3n) is 2.22. The number of hydrogen-bond acceptors (Lipinski definition) is 6. The summed E-state index contributed by atoms with van der Waals surface area (Å²) in [5.41, 5.74) is 0. The fourth-order valence-corrected chi connectivity index (χ4v) is 7.66. The van der Waals surface area contributed by atoms with Gasteiger partial charge in [0.1, 0.15) is 0 Å². The highest BCUT2D eigenvalue weighted by Crippen LogP contribution is 2.36. The van der Waals surface area contributed by atoms with E-state index in [1.807, 2.05) is 47.0 Å². The van der Waals surface area contributed by atoms with Gasteiger partial charge in [0.25, 0.3) is 0 Å². The summed E-state index contributed by atoms with van der Waals surface area (Å²) in [5.74, 6) is 2.36. The predicted molar refractivity (Wildman–Crippen MR) is 93.6 cm³/mol. The highest BCUT2D eigenvalue weighted by molar-refractivity contribution is 8.04. The molecular formula is C12H14S6. The lowest BCUT2D eigenvalue weighted by atomic mass is 10.7. The minimum absolute atomic E-state index is 1.18. The normalized spacial score (nSPS) is 11.0. The van der Waals surface area contributed by atoms with Gasteiger partial charge in [0.15, 0.2) is 0 Å². The quantitative estimate of drug-likeness (QED) is 0.434. The summed E-state index contributed by atoms with van der Waals surface area (Å²) in [6, 6.07) is 0. The highest BCUT2D eigenvalue weighted by Gasteiger charge is 2.05. The van der Waals surface area contributed by atoms with E-state index in [2.05, 4.69) is 34.0 Å². The molecule has 18 heavy (non-hydrogen) atoms.